The molecule has 5 nitrogen and oxygen atoms in total. The van der Waals surface area contributed by atoms with Gasteiger partial charge >= 0.3 is 0 Å². The van der Waals surface area contributed by atoms with Gasteiger partial charge in [0.2, 0.25) is 0 Å². The summed E-state index contributed by atoms with van der Waals surface area (Å²) in [5.74, 6) is 0.145. The maximum atomic E-state index is 12.7. The summed E-state index contributed by atoms with van der Waals surface area (Å²) in [6.45, 7) is 3.03. The summed E-state index contributed by atoms with van der Waals surface area (Å²) in [5, 5.41) is 4.09. The van der Waals surface area contributed by atoms with Crippen LogP contribution in [-0.4, -0.2) is 38.2 Å². The molecule has 0 aliphatic carbocycles. The minimum Gasteiger partial charge on any atom is -0.336 e. The molecule has 1 atom stereocenters. The highest BCUT2D eigenvalue weighted by atomic mass is 16.2. The molecule has 0 bridgehead atoms. The van der Waals surface area contributed by atoms with Crippen LogP contribution in [0.25, 0.3) is 5.69 Å². The number of aromatic nitrogens is 3. The molecular weight excluding hydrogens is 264 g/mol. The third-order valence-electron chi connectivity index (χ3n) is 4.16. The van der Waals surface area contributed by atoms with E-state index in [-0.39, 0.29) is 5.91 Å². The van der Waals surface area contributed by atoms with Crippen LogP contribution in [0.2, 0.25) is 0 Å². The summed E-state index contributed by atoms with van der Waals surface area (Å²) in [6, 6.07) is 7.96. The van der Waals surface area contributed by atoms with Crippen LogP contribution < -0.4 is 0 Å². The smallest absolute Gasteiger partial charge is 0.254 e. The molecule has 2 aromatic rings. The Morgan fingerprint density at radius 1 is 1.29 bits per heavy atom. The van der Waals surface area contributed by atoms with E-state index in [1.165, 1.54) is 12.7 Å². The Kier molecular flexibility index (Phi) is 3.99. The zero-order valence-corrected chi connectivity index (χ0v) is 12.3. The second kappa shape index (κ2) is 6.08. The molecule has 1 aliphatic heterocycles. The van der Waals surface area contributed by atoms with E-state index in [0.717, 1.165) is 37.1 Å². The summed E-state index contributed by atoms with van der Waals surface area (Å²) in [7, 11) is 0. The van der Waals surface area contributed by atoms with Gasteiger partial charge in [-0.05, 0) is 49.9 Å². The predicted molar refractivity (Wildman–Crippen MR) is 80.3 cm³/mol. The molecule has 1 fully saturated rings. The van der Waals surface area contributed by atoms with E-state index < -0.39 is 0 Å². The lowest BCUT2D eigenvalue weighted by Crippen LogP contribution is -2.43. The van der Waals surface area contributed by atoms with Gasteiger partial charge < -0.3 is 4.90 Å². The first-order chi connectivity index (χ1) is 10.3. The van der Waals surface area contributed by atoms with E-state index in [1.54, 1.807) is 11.0 Å². The van der Waals surface area contributed by atoms with Gasteiger partial charge in [0.25, 0.3) is 5.91 Å². The second-order valence-electron chi connectivity index (χ2n) is 5.44. The van der Waals surface area contributed by atoms with E-state index in [4.69, 9.17) is 0 Å². The molecule has 1 aromatic heterocycles. The first-order valence-electron chi connectivity index (χ1n) is 7.55. The van der Waals surface area contributed by atoms with Crippen LogP contribution in [-0.2, 0) is 0 Å². The van der Waals surface area contributed by atoms with Crippen LogP contribution in [0.4, 0.5) is 0 Å². The summed E-state index contributed by atoms with van der Waals surface area (Å²) in [4.78, 5) is 18.6. The first-order valence-corrected chi connectivity index (χ1v) is 7.55. The van der Waals surface area contributed by atoms with E-state index in [2.05, 4.69) is 17.0 Å². The van der Waals surface area contributed by atoms with Gasteiger partial charge in [0.1, 0.15) is 12.7 Å². The largest absolute Gasteiger partial charge is 0.336 e. The van der Waals surface area contributed by atoms with Gasteiger partial charge in [-0.1, -0.05) is 6.92 Å². The van der Waals surface area contributed by atoms with Crippen molar-refractivity contribution < 1.29 is 4.79 Å². The van der Waals surface area contributed by atoms with Crippen LogP contribution >= 0.6 is 0 Å². The summed E-state index contributed by atoms with van der Waals surface area (Å²) >= 11 is 0. The number of hydrogen-bond acceptors (Lipinski definition) is 3. The van der Waals surface area contributed by atoms with Gasteiger partial charge in [-0.3, -0.25) is 4.79 Å². The topological polar surface area (TPSA) is 51.0 Å². The van der Waals surface area contributed by atoms with Gasteiger partial charge in [0, 0.05) is 18.2 Å². The van der Waals surface area contributed by atoms with Crippen LogP contribution in [0.15, 0.2) is 36.9 Å². The third kappa shape index (κ3) is 2.82. The fourth-order valence-corrected chi connectivity index (χ4v) is 2.96. The molecule has 0 N–H and O–H groups in total. The number of carbonyl (C=O) groups excluding carboxylic acids is 1. The Morgan fingerprint density at radius 2 is 2.10 bits per heavy atom. The van der Waals surface area contributed by atoms with E-state index in [1.807, 2.05) is 29.2 Å². The van der Waals surface area contributed by atoms with Crippen LogP contribution in [0.5, 0.6) is 0 Å². The Bertz CT molecular complexity index is 591. The highest BCUT2D eigenvalue weighted by Crippen LogP contribution is 2.22. The molecule has 2 heterocycles. The second-order valence-corrected chi connectivity index (χ2v) is 5.44. The van der Waals surface area contributed by atoms with Crippen molar-refractivity contribution in [3.05, 3.63) is 42.5 Å². The number of carbonyl (C=O) groups is 1. The summed E-state index contributed by atoms with van der Waals surface area (Å²) in [6.07, 6.45) is 7.64. The van der Waals surface area contributed by atoms with Crippen molar-refractivity contribution in [2.24, 2.45) is 0 Å². The Morgan fingerprint density at radius 3 is 2.76 bits per heavy atom. The summed E-state index contributed by atoms with van der Waals surface area (Å²) < 4.78 is 1.68. The minimum atomic E-state index is 0.145. The van der Waals surface area contributed by atoms with Crippen molar-refractivity contribution in [1.82, 2.24) is 19.7 Å². The molecule has 0 saturated carbocycles. The molecule has 110 valence electrons. The van der Waals surface area contributed by atoms with Crippen molar-refractivity contribution in [3.8, 4) is 5.69 Å². The number of likely N-dealkylation sites (tertiary alicyclic amines) is 1. The zero-order valence-electron chi connectivity index (χ0n) is 12.3. The number of rotatable bonds is 3. The highest BCUT2D eigenvalue weighted by Gasteiger charge is 2.25. The van der Waals surface area contributed by atoms with Crippen molar-refractivity contribution in [2.75, 3.05) is 6.54 Å². The predicted octanol–water partition coefficient (Wildman–Crippen LogP) is 2.67. The molecular formula is C16H20N4O. The molecule has 1 aliphatic rings. The highest BCUT2D eigenvalue weighted by molar-refractivity contribution is 5.94. The molecule has 1 aromatic carbocycles. The van der Waals surface area contributed by atoms with Crippen molar-refractivity contribution in [3.63, 3.8) is 0 Å². The fraction of sp³-hybridized carbons (Fsp3) is 0.438. The van der Waals surface area contributed by atoms with Crippen molar-refractivity contribution in [2.45, 2.75) is 38.6 Å². The maximum absolute atomic E-state index is 12.7. The Labute approximate surface area is 124 Å². The molecule has 5 heteroatoms. The average Bonchev–Trinajstić information content (AvgIpc) is 3.09. The molecule has 1 amide bonds. The van der Waals surface area contributed by atoms with Gasteiger partial charge in [-0.25, -0.2) is 9.67 Å². The quantitative estimate of drug-likeness (QED) is 0.870. The van der Waals surface area contributed by atoms with Gasteiger partial charge in [0.15, 0.2) is 0 Å². The normalized spacial score (nSPS) is 18.7. The Balaban J connectivity index is 1.78. The van der Waals surface area contributed by atoms with Gasteiger partial charge in [-0.15, -0.1) is 0 Å². The summed E-state index contributed by atoms with van der Waals surface area (Å²) in [5.41, 5.74) is 1.66. The number of piperidine rings is 1. The standard InChI is InChI=1S/C16H20N4O/c1-2-14-5-3-4-10-19(14)16(21)13-6-8-15(9-7-13)20-12-17-11-18-20/h6-9,11-12,14H,2-5,10H2,1H3/t14-/m0/s1. The molecule has 0 spiro atoms. The lowest BCUT2D eigenvalue weighted by atomic mass is 9.99. The number of benzene rings is 1. The first kappa shape index (κ1) is 13.8. The Hall–Kier alpha value is -2.17. The van der Waals surface area contributed by atoms with E-state index >= 15 is 0 Å². The van der Waals surface area contributed by atoms with Crippen LogP contribution in [0.3, 0.4) is 0 Å². The van der Waals surface area contributed by atoms with Crippen molar-refractivity contribution >= 4 is 5.91 Å². The number of nitrogens with zero attached hydrogens (tertiary/aromatic N) is 4. The molecule has 21 heavy (non-hydrogen) atoms. The SMILES string of the molecule is CC[C@H]1CCCCN1C(=O)c1ccc(-n2cncn2)cc1. The average molecular weight is 284 g/mol. The molecule has 3 rings (SSSR count). The van der Waals surface area contributed by atoms with Crippen LogP contribution in [0, 0.1) is 0 Å². The van der Waals surface area contributed by atoms with E-state index in [0.29, 0.717) is 6.04 Å². The van der Waals surface area contributed by atoms with Gasteiger partial charge in [-0.2, -0.15) is 5.10 Å². The number of hydrogen-bond donors (Lipinski definition) is 0. The van der Waals surface area contributed by atoms with E-state index in [9.17, 15) is 4.79 Å². The third-order valence-corrected chi connectivity index (χ3v) is 4.16. The van der Waals surface area contributed by atoms with Gasteiger partial charge in [0.05, 0.1) is 5.69 Å². The number of amides is 1. The van der Waals surface area contributed by atoms with Crippen molar-refractivity contribution in [1.29, 1.82) is 0 Å². The maximum Gasteiger partial charge on any atom is 0.254 e. The minimum absolute atomic E-state index is 0.145. The lowest BCUT2D eigenvalue weighted by molar-refractivity contribution is 0.0608. The fourth-order valence-electron chi connectivity index (χ4n) is 2.96. The van der Waals surface area contributed by atoms with Crippen LogP contribution in [0.1, 0.15) is 43.0 Å². The molecule has 0 unspecified atom stereocenters. The molecule has 0 radical (unpaired) electrons. The zero-order chi connectivity index (χ0) is 14.7. The lowest BCUT2D eigenvalue weighted by Gasteiger charge is -2.35. The monoisotopic (exact) mass is 284 g/mol. The molecule has 1 saturated heterocycles.